The van der Waals surface area contributed by atoms with Crippen molar-refractivity contribution in [3.63, 3.8) is 0 Å². The van der Waals surface area contributed by atoms with Crippen molar-refractivity contribution in [3.05, 3.63) is 29.4 Å². The van der Waals surface area contributed by atoms with E-state index in [2.05, 4.69) is 15.0 Å². The maximum Gasteiger partial charge on any atom is 0.241 e. The molecule has 0 unspecified atom stereocenters. The van der Waals surface area contributed by atoms with Crippen molar-refractivity contribution in [2.24, 2.45) is 0 Å². The predicted octanol–water partition coefficient (Wildman–Crippen LogP) is 4.20. The Morgan fingerprint density at radius 2 is 2.00 bits per heavy atom. The number of thiazole rings is 1. The molecule has 1 aliphatic rings. The van der Waals surface area contributed by atoms with Gasteiger partial charge in [-0.05, 0) is 25.0 Å². The minimum absolute atomic E-state index is 0.306. The Morgan fingerprint density at radius 3 is 2.68 bits per heavy atom. The number of anilines is 1. The topological polar surface area (TPSA) is 71.1 Å². The normalized spacial score (nSPS) is 16.1. The zero-order valence-corrected chi connectivity index (χ0v) is 16.3. The molecule has 25 heavy (non-hydrogen) atoms. The lowest BCUT2D eigenvalue weighted by atomic mass is 9.90. The maximum absolute atomic E-state index is 12.6. The minimum Gasteiger partial charge on any atom is -0.388 e. The molecule has 2 aromatic rings. The summed E-state index contributed by atoms with van der Waals surface area (Å²) in [4.78, 5) is 5.84. The molecule has 0 atom stereocenters. The van der Waals surface area contributed by atoms with E-state index in [0.717, 1.165) is 21.1 Å². The van der Waals surface area contributed by atoms with Gasteiger partial charge >= 0.3 is 0 Å². The van der Waals surface area contributed by atoms with Crippen LogP contribution in [0.4, 0.5) is 5.69 Å². The summed E-state index contributed by atoms with van der Waals surface area (Å²) in [6.07, 6.45) is 8.04. The summed E-state index contributed by atoms with van der Waals surface area (Å²) < 4.78 is 27.9. The van der Waals surface area contributed by atoms with Crippen LogP contribution in [0.25, 0.3) is 10.4 Å². The Kier molecular flexibility index (Phi) is 5.76. The zero-order valence-electron chi connectivity index (χ0n) is 14.7. The lowest BCUT2D eigenvalue weighted by Gasteiger charge is -2.18. The first kappa shape index (κ1) is 18.4. The van der Waals surface area contributed by atoms with Crippen LogP contribution in [0.2, 0.25) is 0 Å². The smallest absolute Gasteiger partial charge is 0.241 e. The molecule has 3 rings (SSSR count). The van der Waals surface area contributed by atoms with Gasteiger partial charge in [0.2, 0.25) is 10.0 Å². The van der Waals surface area contributed by atoms with E-state index in [1.165, 1.54) is 32.1 Å². The second-order valence-electron chi connectivity index (χ2n) is 6.36. The third kappa shape index (κ3) is 4.04. The highest BCUT2D eigenvalue weighted by Gasteiger charge is 2.23. The molecule has 0 aliphatic heterocycles. The van der Waals surface area contributed by atoms with Crippen molar-refractivity contribution in [2.45, 2.75) is 49.8 Å². The van der Waals surface area contributed by atoms with E-state index in [1.807, 2.05) is 18.3 Å². The van der Waals surface area contributed by atoms with Gasteiger partial charge in [-0.1, -0.05) is 32.3 Å². The van der Waals surface area contributed by atoms with Crippen LogP contribution in [0.5, 0.6) is 0 Å². The molecule has 0 saturated heterocycles. The van der Waals surface area contributed by atoms with E-state index < -0.39 is 10.0 Å². The molecule has 7 heteroatoms. The molecule has 1 saturated carbocycles. The summed E-state index contributed by atoms with van der Waals surface area (Å²) in [6.45, 7) is 2.15. The number of hydrogen-bond donors (Lipinski definition) is 2. The van der Waals surface area contributed by atoms with E-state index in [0.29, 0.717) is 17.4 Å². The fourth-order valence-corrected chi connectivity index (χ4v) is 5.80. The fraction of sp³-hybridized carbons (Fsp3) is 0.500. The van der Waals surface area contributed by atoms with E-state index in [1.54, 1.807) is 31.4 Å². The highest BCUT2D eigenvalue weighted by molar-refractivity contribution is 7.89. The highest BCUT2D eigenvalue weighted by atomic mass is 32.2. The number of sulfonamides is 1. The molecule has 136 valence electrons. The van der Waals surface area contributed by atoms with E-state index in [4.69, 9.17) is 0 Å². The van der Waals surface area contributed by atoms with Gasteiger partial charge in [0.05, 0.1) is 14.8 Å². The zero-order chi connectivity index (χ0) is 17.9. The number of rotatable bonds is 6. The molecular formula is C18H25N3O2S2. The van der Waals surface area contributed by atoms with Crippen molar-refractivity contribution in [3.8, 4) is 10.4 Å². The fourth-order valence-electron chi connectivity index (χ4n) is 3.32. The average molecular weight is 380 g/mol. The summed E-state index contributed by atoms with van der Waals surface area (Å²) in [6, 6.07) is 5.46. The maximum atomic E-state index is 12.6. The standard InChI is InChI=1S/C18H25N3O2S2/c1-3-21-25(22,23)17-11-14(19-2)9-10-15(17)16-12-20-18(24-16)13-7-5-4-6-8-13/h9-13,19,21H,3-8H2,1-2H3. The van der Waals surface area contributed by atoms with E-state index in [9.17, 15) is 8.42 Å². The molecule has 1 heterocycles. The summed E-state index contributed by atoms with van der Waals surface area (Å²) in [5.41, 5.74) is 1.50. The van der Waals surface area contributed by atoms with Crippen LogP contribution in [0.3, 0.4) is 0 Å². The van der Waals surface area contributed by atoms with Crippen LogP contribution >= 0.6 is 11.3 Å². The van der Waals surface area contributed by atoms with Crippen molar-refractivity contribution in [1.82, 2.24) is 9.71 Å². The summed E-state index contributed by atoms with van der Waals surface area (Å²) in [7, 11) is -1.76. The van der Waals surface area contributed by atoms with Gasteiger partial charge in [0.1, 0.15) is 0 Å². The number of aromatic nitrogens is 1. The van der Waals surface area contributed by atoms with Gasteiger partial charge in [-0.15, -0.1) is 11.3 Å². The largest absolute Gasteiger partial charge is 0.388 e. The second-order valence-corrected chi connectivity index (χ2v) is 9.16. The third-order valence-electron chi connectivity index (χ3n) is 4.64. The van der Waals surface area contributed by atoms with Gasteiger partial charge in [-0.3, -0.25) is 0 Å². The molecule has 1 aromatic heterocycles. The van der Waals surface area contributed by atoms with Crippen molar-refractivity contribution in [2.75, 3.05) is 18.9 Å². The van der Waals surface area contributed by atoms with Gasteiger partial charge in [0.25, 0.3) is 0 Å². The molecule has 0 radical (unpaired) electrons. The van der Waals surface area contributed by atoms with Gasteiger partial charge < -0.3 is 5.32 Å². The lowest BCUT2D eigenvalue weighted by molar-refractivity contribution is 0.442. The van der Waals surface area contributed by atoms with Crippen molar-refractivity contribution < 1.29 is 8.42 Å². The SMILES string of the molecule is CCNS(=O)(=O)c1cc(NC)ccc1-c1cnc(C2CCCCC2)s1. The Morgan fingerprint density at radius 1 is 1.24 bits per heavy atom. The first-order valence-corrected chi connectivity index (χ1v) is 11.1. The van der Waals surface area contributed by atoms with Crippen molar-refractivity contribution in [1.29, 1.82) is 0 Å². The number of nitrogens with zero attached hydrogens (tertiary/aromatic N) is 1. The molecule has 0 bridgehead atoms. The van der Waals surface area contributed by atoms with Gasteiger partial charge in [0, 0.05) is 37.0 Å². The molecular weight excluding hydrogens is 354 g/mol. The lowest BCUT2D eigenvalue weighted by Crippen LogP contribution is -2.23. The van der Waals surface area contributed by atoms with Gasteiger partial charge in [0.15, 0.2) is 0 Å². The summed E-state index contributed by atoms with van der Waals surface area (Å²) in [5.74, 6) is 0.526. The van der Waals surface area contributed by atoms with Gasteiger partial charge in [-0.2, -0.15) is 0 Å². The Balaban J connectivity index is 2.00. The number of nitrogens with one attached hydrogen (secondary N) is 2. The predicted molar refractivity (Wildman–Crippen MR) is 104 cm³/mol. The minimum atomic E-state index is -3.55. The summed E-state index contributed by atoms with van der Waals surface area (Å²) in [5, 5.41) is 4.15. The Hall–Kier alpha value is -1.44. The molecule has 5 nitrogen and oxygen atoms in total. The van der Waals surface area contributed by atoms with Crippen LogP contribution in [0.15, 0.2) is 29.3 Å². The molecule has 0 spiro atoms. The number of benzene rings is 1. The first-order chi connectivity index (χ1) is 12.0. The molecule has 0 amide bonds. The van der Waals surface area contributed by atoms with Crippen LogP contribution < -0.4 is 10.0 Å². The van der Waals surface area contributed by atoms with E-state index in [-0.39, 0.29) is 0 Å². The van der Waals surface area contributed by atoms with Crippen LogP contribution in [-0.4, -0.2) is 27.0 Å². The van der Waals surface area contributed by atoms with Crippen molar-refractivity contribution >= 4 is 27.0 Å². The molecule has 1 aliphatic carbocycles. The molecule has 2 N–H and O–H groups in total. The molecule has 1 aromatic carbocycles. The van der Waals surface area contributed by atoms with Gasteiger partial charge in [-0.25, -0.2) is 18.1 Å². The molecule has 1 fully saturated rings. The Labute approximate surface area is 153 Å². The quantitative estimate of drug-likeness (QED) is 0.789. The number of hydrogen-bond acceptors (Lipinski definition) is 5. The Bertz CT molecular complexity index is 825. The van der Waals surface area contributed by atoms with E-state index >= 15 is 0 Å². The first-order valence-electron chi connectivity index (χ1n) is 8.82. The van der Waals surface area contributed by atoms with Crippen LogP contribution in [0, 0.1) is 0 Å². The summed E-state index contributed by atoms with van der Waals surface area (Å²) >= 11 is 1.63. The van der Waals surface area contributed by atoms with Crippen LogP contribution in [-0.2, 0) is 10.0 Å². The third-order valence-corrected chi connectivity index (χ3v) is 7.42. The highest BCUT2D eigenvalue weighted by Crippen LogP contribution is 2.39. The van der Waals surface area contributed by atoms with Crippen LogP contribution in [0.1, 0.15) is 50.0 Å². The second kappa shape index (κ2) is 7.85. The average Bonchev–Trinajstić information content (AvgIpc) is 3.12. The monoisotopic (exact) mass is 379 g/mol.